The molecule has 1 heterocycles. The van der Waals surface area contributed by atoms with E-state index in [2.05, 4.69) is 24.1 Å². The first-order valence-electron chi connectivity index (χ1n) is 5.33. The van der Waals surface area contributed by atoms with Crippen molar-refractivity contribution in [2.24, 2.45) is 0 Å². The van der Waals surface area contributed by atoms with Gasteiger partial charge < -0.3 is 5.32 Å². The van der Waals surface area contributed by atoms with Crippen LogP contribution in [0.5, 0.6) is 0 Å². The van der Waals surface area contributed by atoms with Gasteiger partial charge in [-0.3, -0.25) is 9.36 Å². The molecule has 0 aliphatic rings. The van der Waals surface area contributed by atoms with Crippen molar-refractivity contribution in [3.63, 3.8) is 0 Å². The molecule has 1 unspecified atom stereocenters. The van der Waals surface area contributed by atoms with Crippen LogP contribution in [0, 0.1) is 13.8 Å². The zero-order chi connectivity index (χ0) is 11.4. The normalized spacial score (nSPS) is 12.8. The number of aromatic nitrogens is 2. The maximum Gasteiger partial charge on any atom is 0.253 e. The van der Waals surface area contributed by atoms with Crippen LogP contribution in [-0.2, 0) is 6.54 Å². The van der Waals surface area contributed by atoms with Gasteiger partial charge in [0, 0.05) is 24.3 Å². The predicted octanol–water partition coefficient (Wildman–Crippen LogP) is 0.858. The van der Waals surface area contributed by atoms with Gasteiger partial charge in [0.25, 0.3) is 5.56 Å². The molecule has 84 valence electrons. The fraction of sp³-hybridized carbons (Fsp3) is 0.636. The molecule has 0 radical (unpaired) electrons. The molecule has 0 aliphatic carbocycles. The molecule has 1 atom stereocenters. The van der Waals surface area contributed by atoms with Crippen LogP contribution in [0.3, 0.4) is 0 Å². The zero-order valence-corrected chi connectivity index (χ0v) is 9.87. The second-order valence-electron chi connectivity index (χ2n) is 3.85. The molecule has 0 saturated carbocycles. The van der Waals surface area contributed by atoms with Gasteiger partial charge in [-0.15, -0.1) is 0 Å². The molecule has 0 spiro atoms. The van der Waals surface area contributed by atoms with Gasteiger partial charge in [0.15, 0.2) is 0 Å². The number of nitrogens with one attached hydrogen (secondary N) is 1. The molecule has 4 nitrogen and oxygen atoms in total. The van der Waals surface area contributed by atoms with E-state index in [0.717, 1.165) is 18.1 Å². The summed E-state index contributed by atoms with van der Waals surface area (Å²) in [6, 6.07) is 1.86. The number of likely N-dealkylation sites (N-methyl/N-ethyl adjacent to an activating group) is 1. The molecule has 1 aromatic rings. The van der Waals surface area contributed by atoms with E-state index >= 15 is 0 Å². The van der Waals surface area contributed by atoms with E-state index in [1.807, 2.05) is 13.8 Å². The van der Waals surface area contributed by atoms with Gasteiger partial charge >= 0.3 is 0 Å². The zero-order valence-electron chi connectivity index (χ0n) is 9.87. The minimum Gasteiger partial charge on any atom is -0.313 e. The second-order valence-corrected chi connectivity index (χ2v) is 3.85. The maximum atomic E-state index is 11.7. The minimum atomic E-state index is 0.0322. The largest absolute Gasteiger partial charge is 0.313 e. The number of nitrogens with zero attached hydrogens (tertiary/aromatic N) is 2. The van der Waals surface area contributed by atoms with Crippen molar-refractivity contribution < 1.29 is 0 Å². The van der Waals surface area contributed by atoms with Crippen molar-refractivity contribution in [3.8, 4) is 0 Å². The van der Waals surface area contributed by atoms with Crippen LogP contribution in [0.2, 0.25) is 0 Å². The van der Waals surface area contributed by atoms with Crippen LogP contribution >= 0.6 is 0 Å². The minimum absolute atomic E-state index is 0.0322. The monoisotopic (exact) mass is 209 g/mol. The van der Waals surface area contributed by atoms with E-state index in [0.29, 0.717) is 6.54 Å². The predicted molar refractivity (Wildman–Crippen MR) is 61.1 cm³/mol. The van der Waals surface area contributed by atoms with Gasteiger partial charge in [-0.1, -0.05) is 6.92 Å². The quantitative estimate of drug-likeness (QED) is 0.800. The van der Waals surface area contributed by atoms with E-state index in [-0.39, 0.29) is 11.6 Å². The Kier molecular flexibility index (Phi) is 4.03. The van der Waals surface area contributed by atoms with Gasteiger partial charge in [-0.25, -0.2) is 4.98 Å². The maximum absolute atomic E-state index is 11.7. The van der Waals surface area contributed by atoms with Crippen molar-refractivity contribution in [1.82, 2.24) is 14.9 Å². The molecule has 15 heavy (non-hydrogen) atoms. The molecular weight excluding hydrogens is 190 g/mol. The summed E-state index contributed by atoms with van der Waals surface area (Å²) in [6.45, 7) is 9.41. The Labute approximate surface area is 90.3 Å². The number of aryl methyl sites for hydroxylation is 2. The molecule has 0 aromatic carbocycles. The summed E-state index contributed by atoms with van der Waals surface area (Å²) in [5.41, 5.74) is 0.814. The summed E-state index contributed by atoms with van der Waals surface area (Å²) >= 11 is 0. The molecule has 1 N–H and O–H groups in total. The Morgan fingerprint density at radius 1 is 1.53 bits per heavy atom. The second kappa shape index (κ2) is 5.07. The fourth-order valence-electron chi connectivity index (χ4n) is 1.67. The van der Waals surface area contributed by atoms with Crippen LogP contribution in [0.4, 0.5) is 0 Å². The highest BCUT2D eigenvalue weighted by molar-refractivity contribution is 5.01. The topological polar surface area (TPSA) is 46.9 Å². The van der Waals surface area contributed by atoms with Crippen LogP contribution in [0.1, 0.15) is 25.4 Å². The van der Waals surface area contributed by atoms with Crippen LogP contribution in [-0.4, -0.2) is 22.1 Å². The van der Waals surface area contributed by atoms with Gasteiger partial charge in [0.2, 0.25) is 0 Å². The lowest BCUT2D eigenvalue weighted by Crippen LogP contribution is -2.35. The standard InChI is InChI=1S/C11H19N3O/c1-5-12-9(3)7-14-10(4)13-8(2)6-11(14)15/h6,9,12H,5,7H2,1-4H3. The van der Waals surface area contributed by atoms with E-state index in [1.165, 1.54) is 0 Å². The highest BCUT2D eigenvalue weighted by Crippen LogP contribution is 1.95. The van der Waals surface area contributed by atoms with Crippen molar-refractivity contribution in [2.75, 3.05) is 6.54 Å². The third-order valence-corrected chi connectivity index (χ3v) is 2.34. The molecule has 4 heteroatoms. The highest BCUT2D eigenvalue weighted by Gasteiger charge is 2.06. The number of rotatable bonds is 4. The number of hydrogen-bond acceptors (Lipinski definition) is 3. The Hall–Kier alpha value is -1.16. The average molecular weight is 209 g/mol. The first-order valence-corrected chi connectivity index (χ1v) is 5.33. The molecular formula is C11H19N3O. The van der Waals surface area contributed by atoms with Crippen LogP contribution in [0.15, 0.2) is 10.9 Å². The molecule has 1 aromatic heterocycles. The van der Waals surface area contributed by atoms with Crippen molar-refractivity contribution in [3.05, 3.63) is 27.9 Å². The fourth-order valence-corrected chi connectivity index (χ4v) is 1.67. The first-order chi connectivity index (χ1) is 7.04. The lowest BCUT2D eigenvalue weighted by atomic mass is 10.3. The highest BCUT2D eigenvalue weighted by atomic mass is 16.1. The van der Waals surface area contributed by atoms with Crippen LogP contribution in [0.25, 0.3) is 0 Å². The molecule has 0 fully saturated rings. The van der Waals surface area contributed by atoms with Gasteiger partial charge in [-0.2, -0.15) is 0 Å². The summed E-state index contributed by atoms with van der Waals surface area (Å²) in [5, 5.41) is 3.28. The summed E-state index contributed by atoms with van der Waals surface area (Å²) in [7, 11) is 0. The van der Waals surface area contributed by atoms with E-state index in [1.54, 1.807) is 10.6 Å². The first kappa shape index (κ1) is 11.9. The van der Waals surface area contributed by atoms with E-state index < -0.39 is 0 Å². The lowest BCUT2D eigenvalue weighted by molar-refractivity contribution is 0.469. The van der Waals surface area contributed by atoms with E-state index in [4.69, 9.17) is 0 Å². The third kappa shape index (κ3) is 3.16. The molecule has 0 bridgehead atoms. The van der Waals surface area contributed by atoms with Crippen LogP contribution < -0.4 is 10.9 Å². The van der Waals surface area contributed by atoms with Gasteiger partial charge in [0.05, 0.1) is 0 Å². The molecule has 1 rings (SSSR count). The van der Waals surface area contributed by atoms with Crippen molar-refractivity contribution >= 4 is 0 Å². The summed E-state index contributed by atoms with van der Waals surface area (Å²) in [5.74, 6) is 0.782. The van der Waals surface area contributed by atoms with Crippen molar-refractivity contribution in [2.45, 2.75) is 40.3 Å². The molecule has 0 aliphatic heterocycles. The van der Waals surface area contributed by atoms with Gasteiger partial charge in [-0.05, 0) is 27.3 Å². The Morgan fingerprint density at radius 3 is 2.73 bits per heavy atom. The average Bonchev–Trinajstić information content (AvgIpc) is 2.11. The Morgan fingerprint density at radius 2 is 2.20 bits per heavy atom. The summed E-state index contributed by atoms with van der Waals surface area (Å²) < 4.78 is 1.71. The Bertz CT molecular complexity index is 384. The lowest BCUT2D eigenvalue weighted by Gasteiger charge is -2.15. The number of hydrogen-bond donors (Lipinski definition) is 1. The Balaban J connectivity index is 2.90. The smallest absolute Gasteiger partial charge is 0.253 e. The summed E-state index contributed by atoms with van der Waals surface area (Å²) in [4.78, 5) is 16.0. The SMILES string of the molecule is CCNC(C)Cn1c(C)nc(C)cc1=O. The third-order valence-electron chi connectivity index (χ3n) is 2.34. The van der Waals surface area contributed by atoms with Crippen molar-refractivity contribution in [1.29, 1.82) is 0 Å². The van der Waals surface area contributed by atoms with E-state index in [9.17, 15) is 4.79 Å². The van der Waals surface area contributed by atoms with Gasteiger partial charge in [0.1, 0.15) is 5.82 Å². The molecule has 0 saturated heterocycles. The summed E-state index contributed by atoms with van der Waals surface area (Å²) in [6.07, 6.45) is 0. The molecule has 0 amide bonds.